The molecule has 38 heavy (non-hydrogen) atoms. The number of carbonyl (C=O) groups is 2. The second-order valence-electron chi connectivity index (χ2n) is 9.32. The van der Waals surface area contributed by atoms with Gasteiger partial charge in [-0.2, -0.15) is 5.10 Å². The van der Waals surface area contributed by atoms with Crippen LogP contribution in [0.25, 0.3) is 0 Å². The van der Waals surface area contributed by atoms with Crippen molar-refractivity contribution in [2.45, 2.75) is 25.8 Å². The molecule has 1 heterocycles. The highest BCUT2D eigenvalue weighted by Gasteiger charge is 2.19. The molecule has 3 aromatic carbocycles. The number of hydrazone groups is 1. The van der Waals surface area contributed by atoms with Gasteiger partial charge in [0.15, 0.2) is 0 Å². The Balaban J connectivity index is 1.36. The zero-order valence-corrected chi connectivity index (χ0v) is 22.5. The van der Waals surface area contributed by atoms with Crippen LogP contribution in [0.2, 0.25) is 0 Å². The molecule has 3 aromatic rings. The summed E-state index contributed by atoms with van der Waals surface area (Å²) < 4.78 is 13.7. The summed E-state index contributed by atoms with van der Waals surface area (Å²) in [5.41, 5.74) is 5.28. The minimum Gasteiger partial charge on any atom is -0.396 e. The second kappa shape index (κ2) is 13.4. The third-order valence-corrected chi connectivity index (χ3v) is 7.08. The van der Waals surface area contributed by atoms with E-state index >= 15 is 0 Å². The smallest absolute Gasteiger partial charge is 0.273 e. The summed E-state index contributed by atoms with van der Waals surface area (Å²) in [6.45, 7) is 3.10. The molecule has 0 radical (unpaired) electrons. The average Bonchev–Trinajstić information content (AvgIpc) is 2.92. The van der Waals surface area contributed by atoms with Gasteiger partial charge in [0.2, 0.25) is 0 Å². The van der Waals surface area contributed by atoms with Crippen LogP contribution in [0.3, 0.4) is 0 Å². The van der Waals surface area contributed by atoms with Crippen molar-refractivity contribution in [3.63, 3.8) is 0 Å². The third-order valence-electron chi connectivity index (χ3n) is 6.59. The van der Waals surface area contributed by atoms with Crippen molar-refractivity contribution in [3.05, 3.63) is 99.3 Å². The van der Waals surface area contributed by atoms with Crippen molar-refractivity contribution < 1.29 is 19.1 Å². The predicted molar refractivity (Wildman–Crippen MR) is 150 cm³/mol. The molecule has 1 aliphatic rings. The molecule has 3 N–H and O–H groups in total. The first-order chi connectivity index (χ1) is 18.4. The molecular weight excluding hydrogens is 551 g/mol. The van der Waals surface area contributed by atoms with E-state index in [1.54, 1.807) is 42.5 Å². The van der Waals surface area contributed by atoms with Crippen LogP contribution in [-0.2, 0) is 6.54 Å². The molecule has 0 unspecified atom stereocenters. The molecule has 1 saturated heterocycles. The third kappa shape index (κ3) is 7.80. The van der Waals surface area contributed by atoms with Crippen LogP contribution in [0, 0.1) is 11.7 Å². The van der Waals surface area contributed by atoms with Gasteiger partial charge in [-0.05, 0) is 91.9 Å². The van der Waals surface area contributed by atoms with Gasteiger partial charge in [0.25, 0.3) is 11.8 Å². The number of nitrogens with one attached hydrogen (secondary N) is 2. The molecule has 0 aliphatic carbocycles. The van der Waals surface area contributed by atoms with Gasteiger partial charge in [-0.1, -0.05) is 40.2 Å². The maximum Gasteiger partial charge on any atom is 0.273 e. The summed E-state index contributed by atoms with van der Waals surface area (Å²) in [6, 6.07) is 18.2. The molecule has 198 valence electrons. The molecule has 2 amide bonds. The first-order valence-electron chi connectivity index (χ1n) is 12.5. The number of aliphatic hydroxyl groups excluding tert-OH is 1. The van der Waals surface area contributed by atoms with E-state index in [-0.39, 0.29) is 23.9 Å². The first-order valence-corrected chi connectivity index (χ1v) is 13.3. The molecule has 0 atom stereocenters. The van der Waals surface area contributed by atoms with Crippen LogP contribution in [0.1, 0.15) is 51.1 Å². The molecule has 7 nitrogen and oxygen atoms in total. The summed E-state index contributed by atoms with van der Waals surface area (Å²) >= 11 is 3.37. The number of hydrogen-bond acceptors (Lipinski definition) is 5. The number of nitrogens with zero attached hydrogens (tertiary/aromatic N) is 2. The fourth-order valence-electron chi connectivity index (χ4n) is 4.42. The Kier molecular flexibility index (Phi) is 9.75. The van der Waals surface area contributed by atoms with E-state index in [2.05, 4.69) is 36.7 Å². The zero-order chi connectivity index (χ0) is 26.9. The Labute approximate surface area is 229 Å². The summed E-state index contributed by atoms with van der Waals surface area (Å²) in [6.07, 6.45) is 4.48. The van der Waals surface area contributed by atoms with Gasteiger partial charge in [-0.25, -0.2) is 9.82 Å². The van der Waals surface area contributed by atoms with Crippen molar-refractivity contribution in [2.75, 3.05) is 25.0 Å². The lowest BCUT2D eigenvalue weighted by Gasteiger charge is -2.31. The number of benzene rings is 3. The molecule has 0 saturated carbocycles. The summed E-state index contributed by atoms with van der Waals surface area (Å²) in [5, 5.41) is 15.9. The van der Waals surface area contributed by atoms with Gasteiger partial charge < -0.3 is 10.4 Å². The number of halogens is 2. The molecule has 0 spiro atoms. The van der Waals surface area contributed by atoms with Gasteiger partial charge in [0, 0.05) is 23.2 Å². The van der Waals surface area contributed by atoms with E-state index in [0.717, 1.165) is 44.5 Å². The fourth-order valence-corrected chi connectivity index (χ4v) is 4.78. The maximum absolute atomic E-state index is 13.1. The standard InChI is InChI=1S/C29H30BrFN4O3/c30-24-7-10-27(26(17-24)29(38)34-32-18-21-3-8-25(31)9-4-21)33-28(37)23-5-1-22(2-6-23)19-35-14-11-20(12-15-35)13-16-36/h1-10,17-18,20,36H,11-16,19H2,(H,33,37)(H,34,38). The number of aliphatic hydroxyl groups is 1. The number of rotatable bonds is 9. The quantitative estimate of drug-likeness (QED) is 0.239. The van der Waals surface area contributed by atoms with Crippen LogP contribution in [0.5, 0.6) is 0 Å². The Morgan fingerprint density at radius 3 is 2.42 bits per heavy atom. The summed E-state index contributed by atoms with van der Waals surface area (Å²) in [4.78, 5) is 28.1. The summed E-state index contributed by atoms with van der Waals surface area (Å²) in [5.74, 6) is -0.578. The van der Waals surface area contributed by atoms with Crippen molar-refractivity contribution in [1.82, 2.24) is 10.3 Å². The van der Waals surface area contributed by atoms with E-state index in [1.165, 1.54) is 18.3 Å². The molecule has 4 rings (SSSR count). The van der Waals surface area contributed by atoms with Crippen LogP contribution in [0.4, 0.5) is 10.1 Å². The molecular formula is C29H30BrFN4O3. The van der Waals surface area contributed by atoms with Crippen LogP contribution < -0.4 is 10.7 Å². The molecule has 0 bridgehead atoms. The monoisotopic (exact) mass is 580 g/mol. The Morgan fingerprint density at radius 2 is 1.74 bits per heavy atom. The Hall–Kier alpha value is -3.40. The number of likely N-dealkylation sites (tertiary alicyclic amines) is 1. The highest BCUT2D eigenvalue weighted by molar-refractivity contribution is 9.10. The zero-order valence-electron chi connectivity index (χ0n) is 20.9. The second-order valence-corrected chi connectivity index (χ2v) is 10.2. The lowest BCUT2D eigenvalue weighted by atomic mass is 9.93. The number of amides is 2. The van der Waals surface area contributed by atoms with Crippen LogP contribution in [-0.4, -0.2) is 47.7 Å². The molecule has 1 aliphatic heterocycles. The number of piperidine rings is 1. The molecule has 9 heteroatoms. The maximum atomic E-state index is 13.1. The van der Waals surface area contributed by atoms with Gasteiger partial charge in [0.1, 0.15) is 5.82 Å². The fraction of sp³-hybridized carbons (Fsp3) is 0.276. The van der Waals surface area contributed by atoms with Gasteiger partial charge in [0.05, 0.1) is 17.5 Å². The average molecular weight is 581 g/mol. The Bertz CT molecular complexity index is 1270. The van der Waals surface area contributed by atoms with Crippen molar-refractivity contribution in [1.29, 1.82) is 0 Å². The predicted octanol–water partition coefficient (Wildman–Crippen LogP) is 5.20. The molecule has 0 aromatic heterocycles. The van der Waals surface area contributed by atoms with E-state index in [1.807, 2.05) is 12.1 Å². The largest absolute Gasteiger partial charge is 0.396 e. The molecule has 1 fully saturated rings. The van der Waals surface area contributed by atoms with Crippen LogP contribution in [0.15, 0.2) is 76.3 Å². The van der Waals surface area contributed by atoms with E-state index in [0.29, 0.717) is 27.2 Å². The van der Waals surface area contributed by atoms with Gasteiger partial charge >= 0.3 is 0 Å². The highest BCUT2D eigenvalue weighted by atomic mass is 79.9. The summed E-state index contributed by atoms with van der Waals surface area (Å²) in [7, 11) is 0. The van der Waals surface area contributed by atoms with Gasteiger partial charge in [-0.3, -0.25) is 14.5 Å². The van der Waals surface area contributed by atoms with E-state index in [9.17, 15) is 14.0 Å². The minimum absolute atomic E-state index is 0.241. The first kappa shape index (κ1) is 27.6. The minimum atomic E-state index is -0.502. The van der Waals surface area contributed by atoms with Crippen LogP contribution >= 0.6 is 15.9 Å². The van der Waals surface area contributed by atoms with Crippen molar-refractivity contribution in [2.24, 2.45) is 11.0 Å². The van der Waals surface area contributed by atoms with E-state index in [4.69, 9.17) is 5.11 Å². The lowest BCUT2D eigenvalue weighted by molar-refractivity contribution is 0.0956. The van der Waals surface area contributed by atoms with Crippen molar-refractivity contribution in [3.8, 4) is 0 Å². The lowest BCUT2D eigenvalue weighted by Crippen LogP contribution is -2.33. The number of hydrogen-bond donors (Lipinski definition) is 3. The SMILES string of the molecule is O=C(Nc1ccc(Br)cc1C(=O)NN=Cc1ccc(F)cc1)c1ccc(CN2CCC(CCO)CC2)cc1. The normalized spacial score (nSPS) is 14.5. The Morgan fingerprint density at radius 1 is 1.03 bits per heavy atom. The van der Waals surface area contributed by atoms with Crippen molar-refractivity contribution >= 4 is 39.6 Å². The van der Waals surface area contributed by atoms with E-state index < -0.39 is 5.91 Å². The number of anilines is 1. The highest BCUT2D eigenvalue weighted by Crippen LogP contribution is 2.23. The van der Waals surface area contributed by atoms with Gasteiger partial charge in [-0.15, -0.1) is 0 Å². The topological polar surface area (TPSA) is 94.0 Å². The number of carbonyl (C=O) groups excluding carboxylic acids is 2.